The first kappa shape index (κ1) is 11.3. The van der Waals surface area contributed by atoms with Gasteiger partial charge in [0.1, 0.15) is 5.69 Å². The molecule has 0 spiro atoms. The van der Waals surface area contributed by atoms with Crippen LogP contribution in [0, 0.1) is 0 Å². The average Bonchev–Trinajstić information content (AvgIpc) is 2.87. The summed E-state index contributed by atoms with van der Waals surface area (Å²) in [7, 11) is 1.50. The molecule has 88 valence electrons. The summed E-state index contributed by atoms with van der Waals surface area (Å²) >= 11 is 0. The van der Waals surface area contributed by atoms with Crippen LogP contribution in [0.2, 0.25) is 0 Å². The molecule has 6 heteroatoms. The molecule has 2 aromatic rings. The van der Waals surface area contributed by atoms with E-state index in [1.165, 1.54) is 13.3 Å². The highest BCUT2D eigenvalue weighted by molar-refractivity contribution is 6.07. The van der Waals surface area contributed by atoms with E-state index in [0.29, 0.717) is 11.4 Å². The van der Waals surface area contributed by atoms with E-state index >= 15 is 0 Å². The molecule has 0 N–H and O–H groups in total. The predicted molar refractivity (Wildman–Crippen MR) is 59.9 cm³/mol. The molecule has 0 amide bonds. The van der Waals surface area contributed by atoms with E-state index in [-0.39, 0.29) is 11.5 Å². The van der Waals surface area contributed by atoms with Crippen molar-refractivity contribution in [3.63, 3.8) is 0 Å². The van der Waals surface area contributed by atoms with Crippen LogP contribution in [-0.2, 0) is 6.54 Å². The summed E-state index contributed by atoms with van der Waals surface area (Å²) in [6.45, 7) is 2.68. The van der Waals surface area contributed by atoms with Gasteiger partial charge in [-0.25, -0.2) is 0 Å². The lowest BCUT2D eigenvalue weighted by atomic mass is 10.2. The van der Waals surface area contributed by atoms with E-state index < -0.39 is 0 Å². The largest absolute Gasteiger partial charge is 0.480 e. The first-order chi connectivity index (χ1) is 8.24. The Morgan fingerprint density at radius 3 is 2.76 bits per heavy atom. The second-order valence-electron chi connectivity index (χ2n) is 3.37. The average molecular weight is 232 g/mol. The minimum Gasteiger partial charge on any atom is -0.480 e. The van der Waals surface area contributed by atoms with Crippen molar-refractivity contribution in [3.05, 3.63) is 35.8 Å². The number of ether oxygens (including phenoxy) is 1. The molecule has 17 heavy (non-hydrogen) atoms. The Balaban J connectivity index is 2.23. The van der Waals surface area contributed by atoms with Gasteiger partial charge in [0.2, 0.25) is 11.7 Å². The zero-order valence-corrected chi connectivity index (χ0v) is 9.62. The maximum absolute atomic E-state index is 12.0. The summed E-state index contributed by atoms with van der Waals surface area (Å²) in [6, 6.07) is 3.18. The highest BCUT2D eigenvalue weighted by Crippen LogP contribution is 2.09. The molecule has 0 aliphatic heterocycles. The molecule has 0 saturated carbocycles. The van der Waals surface area contributed by atoms with Gasteiger partial charge in [0, 0.05) is 18.8 Å². The number of carbonyl (C=O) groups is 1. The van der Waals surface area contributed by atoms with Crippen LogP contribution >= 0.6 is 0 Å². The lowest BCUT2D eigenvalue weighted by Gasteiger charge is -1.98. The van der Waals surface area contributed by atoms with Crippen molar-refractivity contribution in [2.45, 2.75) is 13.5 Å². The number of rotatable bonds is 4. The van der Waals surface area contributed by atoms with Crippen molar-refractivity contribution < 1.29 is 9.53 Å². The van der Waals surface area contributed by atoms with Gasteiger partial charge in [-0.1, -0.05) is 0 Å². The van der Waals surface area contributed by atoms with Crippen molar-refractivity contribution in [3.8, 4) is 5.88 Å². The minimum atomic E-state index is -0.195. The van der Waals surface area contributed by atoms with E-state index in [9.17, 15) is 4.79 Å². The van der Waals surface area contributed by atoms with Gasteiger partial charge in [-0.15, -0.1) is 10.2 Å². The van der Waals surface area contributed by atoms with E-state index in [1.807, 2.05) is 6.92 Å². The maximum Gasteiger partial charge on any atom is 0.233 e. The van der Waals surface area contributed by atoms with Crippen molar-refractivity contribution in [2.24, 2.45) is 0 Å². The fourth-order valence-electron chi connectivity index (χ4n) is 1.35. The Hall–Kier alpha value is -2.24. The van der Waals surface area contributed by atoms with Gasteiger partial charge in [-0.2, -0.15) is 5.10 Å². The van der Waals surface area contributed by atoms with Crippen LogP contribution in [0.25, 0.3) is 0 Å². The van der Waals surface area contributed by atoms with Crippen LogP contribution in [0.15, 0.2) is 24.5 Å². The van der Waals surface area contributed by atoms with Crippen molar-refractivity contribution in [1.29, 1.82) is 0 Å². The molecule has 0 fully saturated rings. The van der Waals surface area contributed by atoms with E-state index in [2.05, 4.69) is 15.3 Å². The Labute approximate surface area is 98.2 Å². The molecule has 0 aliphatic rings. The number of ketones is 1. The highest BCUT2D eigenvalue weighted by Gasteiger charge is 2.13. The van der Waals surface area contributed by atoms with Crippen molar-refractivity contribution in [2.75, 3.05) is 7.11 Å². The molecule has 0 bridgehead atoms. The molecule has 0 radical (unpaired) electrons. The number of hydrogen-bond acceptors (Lipinski definition) is 5. The normalized spacial score (nSPS) is 10.2. The summed E-state index contributed by atoms with van der Waals surface area (Å²) in [5, 5.41) is 11.6. The zero-order chi connectivity index (χ0) is 12.3. The standard InChI is InChI=1S/C11H12N4O2/c1-3-15-7-8(6-12-15)11(16)9-4-5-10(17-2)14-13-9/h4-7H,3H2,1-2H3. The molecule has 0 atom stereocenters. The lowest BCUT2D eigenvalue weighted by molar-refractivity contribution is 0.103. The molecule has 0 aromatic carbocycles. The summed E-state index contributed by atoms with van der Waals surface area (Å²) in [4.78, 5) is 12.0. The summed E-state index contributed by atoms with van der Waals surface area (Å²) < 4.78 is 6.56. The van der Waals surface area contributed by atoms with Gasteiger partial charge in [0.25, 0.3) is 0 Å². The third-order valence-corrected chi connectivity index (χ3v) is 2.30. The van der Waals surface area contributed by atoms with Gasteiger partial charge >= 0.3 is 0 Å². The molecule has 2 rings (SSSR count). The molecular formula is C11H12N4O2. The minimum absolute atomic E-state index is 0.195. The number of aryl methyl sites for hydroxylation is 1. The third-order valence-electron chi connectivity index (χ3n) is 2.30. The third kappa shape index (κ3) is 2.30. The number of nitrogens with zero attached hydrogens (tertiary/aromatic N) is 4. The topological polar surface area (TPSA) is 69.9 Å². The molecule has 2 heterocycles. The highest BCUT2D eigenvalue weighted by atomic mass is 16.5. The Bertz CT molecular complexity index is 519. The number of carbonyl (C=O) groups excluding carboxylic acids is 1. The molecular weight excluding hydrogens is 220 g/mol. The molecule has 0 unspecified atom stereocenters. The molecule has 0 saturated heterocycles. The molecule has 6 nitrogen and oxygen atoms in total. The van der Waals surface area contributed by atoms with Gasteiger partial charge in [0.15, 0.2) is 0 Å². The second kappa shape index (κ2) is 4.73. The van der Waals surface area contributed by atoms with Crippen molar-refractivity contribution in [1.82, 2.24) is 20.0 Å². The van der Waals surface area contributed by atoms with Crippen LogP contribution in [0.4, 0.5) is 0 Å². The Morgan fingerprint density at radius 2 is 2.24 bits per heavy atom. The first-order valence-corrected chi connectivity index (χ1v) is 5.19. The van der Waals surface area contributed by atoms with Crippen LogP contribution in [0.3, 0.4) is 0 Å². The lowest BCUT2D eigenvalue weighted by Crippen LogP contribution is -2.05. The van der Waals surface area contributed by atoms with Crippen LogP contribution in [0.5, 0.6) is 5.88 Å². The summed E-state index contributed by atoms with van der Waals surface area (Å²) in [6.07, 6.45) is 3.21. The summed E-state index contributed by atoms with van der Waals surface area (Å²) in [5.74, 6) is 0.186. The fraction of sp³-hybridized carbons (Fsp3) is 0.273. The fourth-order valence-corrected chi connectivity index (χ4v) is 1.35. The maximum atomic E-state index is 12.0. The Kier molecular flexibility index (Phi) is 3.13. The SMILES string of the molecule is CCn1cc(C(=O)c2ccc(OC)nn2)cn1. The number of hydrogen-bond donors (Lipinski definition) is 0. The van der Waals surface area contributed by atoms with Crippen LogP contribution in [-0.4, -0.2) is 32.9 Å². The Morgan fingerprint density at radius 1 is 1.41 bits per heavy atom. The van der Waals surface area contributed by atoms with Crippen LogP contribution < -0.4 is 4.74 Å². The van der Waals surface area contributed by atoms with Crippen molar-refractivity contribution >= 4 is 5.78 Å². The molecule has 2 aromatic heterocycles. The quantitative estimate of drug-likeness (QED) is 0.733. The summed E-state index contributed by atoms with van der Waals surface area (Å²) in [5.41, 5.74) is 0.785. The first-order valence-electron chi connectivity index (χ1n) is 5.19. The van der Waals surface area contributed by atoms with E-state index in [0.717, 1.165) is 6.54 Å². The number of aromatic nitrogens is 4. The smallest absolute Gasteiger partial charge is 0.233 e. The van der Waals surface area contributed by atoms with Crippen LogP contribution in [0.1, 0.15) is 23.0 Å². The zero-order valence-electron chi connectivity index (χ0n) is 9.62. The van der Waals surface area contributed by atoms with E-state index in [1.54, 1.807) is 23.0 Å². The van der Waals surface area contributed by atoms with Gasteiger partial charge < -0.3 is 4.74 Å². The van der Waals surface area contributed by atoms with E-state index in [4.69, 9.17) is 4.74 Å². The molecule has 0 aliphatic carbocycles. The predicted octanol–water partition coefficient (Wildman–Crippen LogP) is 0.933. The van der Waals surface area contributed by atoms with Gasteiger partial charge in [-0.05, 0) is 13.0 Å². The van der Waals surface area contributed by atoms with Gasteiger partial charge in [0.05, 0.1) is 18.9 Å². The van der Waals surface area contributed by atoms with Gasteiger partial charge in [-0.3, -0.25) is 9.48 Å². The monoisotopic (exact) mass is 232 g/mol. The number of methoxy groups -OCH3 is 1. The second-order valence-corrected chi connectivity index (χ2v) is 3.37.